The lowest BCUT2D eigenvalue weighted by Gasteiger charge is -2.29. The highest BCUT2D eigenvalue weighted by Crippen LogP contribution is 2.14. The molecule has 2 aromatic carbocycles. The molecule has 0 spiro atoms. The van der Waals surface area contributed by atoms with Crippen LogP contribution in [0.2, 0.25) is 0 Å². The van der Waals surface area contributed by atoms with Gasteiger partial charge in [-0.15, -0.1) is 0 Å². The lowest BCUT2D eigenvalue weighted by Crippen LogP contribution is -2.49. The maximum Gasteiger partial charge on any atom is 0.242 e. The molecule has 4 nitrogen and oxygen atoms in total. The van der Waals surface area contributed by atoms with Crippen LogP contribution in [0.25, 0.3) is 0 Å². The first-order chi connectivity index (χ1) is 12.8. The third-order valence-electron chi connectivity index (χ3n) is 4.34. The number of nitrogens with one attached hydrogen (secondary N) is 1. The number of hydrogen-bond donors (Lipinski definition) is 1. The number of nitrogens with zero attached hydrogens (tertiary/aromatic N) is 1. The third-order valence-corrected chi connectivity index (χ3v) is 4.34. The molecule has 0 aliphatic rings. The van der Waals surface area contributed by atoms with Crippen LogP contribution in [0.15, 0.2) is 48.5 Å². The van der Waals surface area contributed by atoms with E-state index in [2.05, 4.69) is 5.32 Å². The molecule has 0 aliphatic heterocycles. The fourth-order valence-electron chi connectivity index (χ4n) is 2.76. The normalized spacial score (nSPS) is 11.9. The van der Waals surface area contributed by atoms with Crippen LogP contribution in [0.5, 0.6) is 0 Å². The van der Waals surface area contributed by atoms with Crippen molar-refractivity contribution in [2.45, 2.75) is 52.7 Å². The van der Waals surface area contributed by atoms with Crippen molar-refractivity contribution in [1.82, 2.24) is 10.2 Å². The van der Waals surface area contributed by atoms with E-state index in [4.69, 9.17) is 0 Å². The Hall–Kier alpha value is -2.69. The van der Waals surface area contributed by atoms with E-state index in [1.54, 1.807) is 24.0 Å². The van der Waals surface area contributed by atoms with Gasteiger partial charge in [0.1, 0.15) is 11.9 Å². The first-order valence-corrected chi connectivity index (χ1v) is 9.16. The Kier molecular flexibility index (Phi) is 7.11. The zero-order valence-electron chi connectivity index (χ0n) is 16.3. The van der Waals surface area contributed by atoms with Crippen molar-refractivity contribution in [2.24, 2.45) is 0 Å². The van der Waals surface area contributed by atoms with E-state index in [1.807, 2.05) is 45.0 Å². The summed E-state index contributed by atoms with van der Waals surface area (Å²) in [6, 6.07) is 13.1. The quantitative estimate of drug-likeness (QED) is 0.809. The summed E-state index contributed by atoms with van der Waals surface area (Å²) < 4.78 is 13.1. The van der Waals surface area contributed by atoms with Gasteiger partial charge in [0.2, 0.25) is 11.8 Å². The summed E-state index contributed by atoms with van der Waals surface area (Å²) in [6.45, 7) is 7.84. The molecular formula is C22H27FN2O2. The standard InChI is InChI=1S/C22H27FN2O2/c1-15(2)24-22(27)17(4)25(14-19-7-5-16(3)6-8-19)21(26)13-18-9-11-20(23)12-10-18/h5-12,15,17H,13-14H2,1-4H3,(H,24,27)/t17-/m0/s1. The number of halogens is 1. The second-order valence-electron chi connectivity index (χ2n) is 7.15. The molecule has 0 aromatic heterocycles. The molecular weight excluding hydrogens is 343 g/mol. The Morgan fingerprint density at radius 1 is 0.963 bits per heavy atom. The average molecular weight is 370 g/mol. The number of amides is 2. The van der Waals surface area contributed by atoms with Crippen molar-refractivity contribution in [3.8, 4) is 0 Å². The monoisotopic (exact) mass is 370 g/mol. The van der Waals surface area contributed by atoms with Crippen molar-refractivity contribution >= 4 is 11.8 Å². The van der Waals surface area contributed by atoms with E-state index >= 15 is 0 Å². The smallest absolute Gasteiger partial charge is 0.242 e. The lowest BCUT2D eigenvalue weighted by molar-refractivity contribution is -0.140. The van der Waals surface area contributed by atoms with Crippen LogP contribution in [0.4, 0.5) is 4.39 Å². The van der Waals surface area contributed by atoms with Crippen molar-refractivity contribution in [3.63, 3.8) is 0 Å². The minimum Gasteiger partial charge on any atom is -0.352 e. The van der Waals surface area contributed by atoms with E-state index in [0.717, 1.165) is 11.1 Å². The molecule has 0 bridgehead atoms. The summed E-state index contributed by atoms with van der Waals surface area (Å²) in [5.41, 5.74) is 2.80. The molecule has 2 amide bonds. The summed E-state index contributed by atoms with van der Waals surface area (Å²) in [4.78, 5) is 27.0. The van der Waals surface area contributed by atoms with Gasteiger partial charge in [0.25, 0.3) is 0 Å². The maximum absolute atomic E-state index is 13.1. The van der Waals surface area contributed by atoms with Crippen molar-refractivity contribution < 1.29 is 14.0 Å². The van der Waals surface area contributed by atoms with E-state index in [1.165, 1.54) is 12.1 Å². The zero-order valence-corrected chi connectivity index (χ0v) is 16.3. The molecule has 1 atom stereocenters. The van der Waals surface area contributed by atoms with Gasteiger partial charge in [0.15, 0.2) is 0 Å². The Morgan fingerprint density at radius 2 is 1.52 bits per heavy atom. The van der Waals surface area contributed by atoms with Crippen LogP contribution < -0.4 is 5.32 Å². The molecule has 5 heteroatoms. The summed E-state index contributed by atoms with van der Waals surface area (Å²) in [5.74, 6) is -0.703. The van der Waals surface area contributed by atoms with E-state index in [0.29, 0.717) is 12.1 Å². The molecule has 27 heavy (non-hydrogen) atoms. The first kappa shape index (κ1) is 20.6. The SMILES string of the molecule is Cc1ccc(CN(C(=O)Cc2ccc(F)cc2)[C@@H](C)C(=O)NC(C)C)cc1. The molecule has 0 unspecified atom stereocenters. The first-order valence-electron chi connectivity index (χ1n) is 9.16. The Balaban J connectivity index is 2.21. The maximum atomic E-state index is 13.1. The summed E-state index contributed by atoms with van der Waals surface area (Å²) in [5, 5.41) is 2.86. The molecule has 0 saturated carbocycles. The summed E-state index contributed by atoms with van der Waals surface area (Å²) in [7, 11) is 0. The number of carbonyl (C=O) groups excluding carboxylic acids is 2. The van der Waals surface area contributed by atoms with Gasteiger partial charge in [-0.05, 0) is 51.0 Å². The van der Waals surface area contributed by atoms with Crippen LogP contribution in [-0.2, 0) is 22.6 Å². The second-order valence-corrected chi connectivity index (χ2v) is 7.15. The van der Waals surface area contributed by atoms with Crippen molar-refractivity contribution in [2.75, 3.05) is 0 Å². The predicted octanol–water partition coefficient (Wildman–Crippen LogP) is 3.62. The predicted molar refractivity (Wildman–Crippen MR) is 105 cm³/mol. The minimum absolute atomic E-state index is 0.00613. The summed E-state index contributed by atoms with van der Waals surface area (Å²) in [6.07, 6.45) is 0.117. The van der Waals surface area contributed by atoms with Crippen LogP contribution in [0.1, 0.15) is 37.5 Å². The topological polar surface area (TPSA) is 49.4 Å². The fourth-order valence-corrected chi connectivity index (χ4v) is 2.76. The third kappa shape index (κ3) is 6.20. The number of hydrogen-bond acceptors (Lipinski definition) is 2. The van der Waals surface area contributed by atoms with Gasteiger partial charge in [-0.2, -0.15) is 0 Å². The molecule has 0 heterocycles. The molecule has 0 aliphatic carbocycles. The summed E-state index contributed by atoms with van der Waals surface area (Å²) >= 11 is 0. The number of aryl methyl sites for hydroxylation is 1. The zero-order chi connectivity index (χ0) is 20.0. The molecule has 2 rings (SSSR count). The van der Waals surface area contributed by atoms with Gasteiger partial charge in [0.05, 0.1) is 6.42 Å². The van der Waals surface area contributed by atoms with Gasteiger partial charge in [-0.3, -0.25) is 9.59 Å². The Bertz CT molecular complexity index is 770. The minimum atomic E-state index is -0.610. The van der Waals surface area contributed by atoms with Gasteiger partial charge in [-0.1, -0.05) is 42.0 Å². The fraction of sp³-hybridized carbons (Fsp3) is 0.364. The number of carbonyl (C=O) groups is 2. The molecule has 1 N–H and O–H groups in total. The molecule has 2 aromatic rings. The van der Waals surface area contributed by atoms with Crippen LogP contribution in [0.3, 0.4) is 0 Å². The number of rotatable bonds is 7. The molecule has 0 saturated heterocycles. The van der Waals surface area contributed by atoms with Crippen molar-refractivity contribution in [3.05, 3.63) is 71.0 Å². The largest absolute Gasteiger partial charge is 0.352 e. The van der Waals surface area contributed by atoms with Gasteiger partial charge >= 0.3 is 0 Å². The second kappa shape index (κ2) is 9.31. The van der Waals surface area contributed by atoms with Gasteiger partial charge in [-0.25, -0.2) is 4.39 Å². The average Bonchev–Trinajstić information content (AvgIpc) is 2.62. The van der Waals surface area contributed by atoms with Crippen LogP contribution in [-0.4, -0.2) is 28.8 Å². The van der Waals surface area contributed by atoms with E-state index < -0.39 is 6.04 Å². The van der Waals surface area contributed by atoms with Crippen molar-refractivity contribution in [1.29, 1.82) is 0 Å². The highest BCUT2D eigenvalue weighted by Gasteiger charge is 2.26. The molecule has 144 valence electrons. The highest BCUT2D eigenvalue weighted by molar-refractivity contribution is 5.88. The lowest BCUT2D eigenvalue weighted by atomic mass is 10.1. The highest BCUT2D eigenvalue weighted by atomic mass is 19.1. The van der Waals surface area contributed by atoms with E-state index in [9.17, 15) is 14.0 Å². The van der Waals surface area contributed by atoms with Crippen LogP contribution >= 0.6 is 0 Å². The van der Waals surface area contributed by atoms with Gasteiger partial charge in [0, 0.05) is 12.6 Å². The Morgan fingerprint density at radius 3 is 2.07 bits per heavy atom. The van der Waals surface area contributed by atoms with Gasteiger partial charge < -0.3 is 10.2 Å². The van der Waals surface area contributed by atoms with Crippen LogP contribution in [0, 0.1) is 12.7 Å². The molecule has 0 radical (unpaired) electrons. The molecule has 0 fully saturated rings. The Labute approximate surface area is 160 Å². The van der Waals surface area contributed by atoms with E-state index in [-0.39, 0.29) is 30.1 Å². The number of benzene rings is 2.